The van der Waals surface area contributed by atoms with Gasteiger partial charge in [-0.05, 0) is 45.6 Å². The molecule has 0 aromatic heterocycles. The maximum atomic E-state index is 13.0. The van der Waals surface area contributed by atoms with Gasteiger partial charge in [0.15, 0.2) is 0 Å². The minimum Gasteiger partial charge on any atom is -0.459 e. The van der Waals surface area contributed by atoms with Gasteiger partial charge in [-0.2, -0.15) is 0 Å². The molecule has 0 aromatic rings. The van der Waals surface area contributed by atoms with Crippen LogP contribution in [0.15, 0.2) is 36.0 Å². The molecule has 3 rings (SSSR count). The second-order valence-electron chi connectivity index (χ2n) is 13.1. The summed E-state index contributed by atoms with van der Waals surface area (Å²) in [6.07, 6.45) is 8.30. The van der Waals surface area contributed by atoms with Gasteiger partial charge in [-0.25, -0.2) is 0 Å². The van der Waals surface area contributed by atoms with E-state index in [9.17, 15) is 24.3 Å². The van der Waals surface area contributed by atoms with E-state index in [2.05, 4.69) is 18.3 Å². The molecule has 1 spiro atoms. The van der Waals surface area contributed by atoms with Crippen LogP contribution in [-0.4, -0.2) is 125 Å². The van der Waals surface area contributed by atoms with E-state index in [4.69, 9.17) is 18.9 Å². The number of hydrogen-bond donors (Lipinski definition) is 2. The summed E-state index contributed by atoms with van der Waals surface area (Å²) in [4.78, 5) is 51.5. The van der Waals surface area contributed by atoms with Crippen LogP contribution in [0.2, 0.25) is 0 Å². The van der Waals surface area contributed by atoms with Gasteiger partial charge in [0.1, 0.15) is 23.9 Å². The molecule has 0 saturated carbocycles. The lowest BCUT2D eigenvalue weighted by molar-refractivity contribution is -0.150. The number of esters is 1. The molecule has 2 N–H and O–H groups in total. The van der Waals surface area contributed by atoms with Crippen molar-refractivity contribution in [2.75, 3.05) is 38.2 Å². The average molecular weight is 774 g/mol. The Balaban J connectivity index is 1.50. The summed E-state index contributed by atoms with van der Waals surface area (Å²) in [7, 11) is 3.45. The minimum atomic E-state index is -0.835. The molecule has 3 aliphatic heterocycles. The molecule has 9 atom stereocenters. The SMILES string of the molecule is CC(=O)O[C@@H](C)/C=C\C(=O)N[C@@H]1C[C@H](C)[C@H](C/C=C(C)/C=C/[C@H]2O[C@H](CC(=O)N(C)CCN(C)C(=O)CI)C[C@@]3(CO3)[C@@H]2O)O[C@@H]1C. The van der Waals surface area contributed by atoms with Gasteiger partial charge >= 0.3 is 5.97 Å². The molecule has 3 aliphatic rings. The van der Waals surface area contributed by atoms with Crippen LogP contribution in [0.5, 0.6) is 0 Å². The number of halogens is 1. The molecule has 3 saturated heterocycles. The minimum absolute atomic E-state index is 0.0200. The summed E-state index contributed by atoms with van der Waals surface area (Å²) in [5.74, 6) is -0.521. The highest BCUT2D eigenvalue weighted by atomic mass is 127. The van der Waals surface area contributed by atoms with Crippen molar-refractivity contribution in [3.63, 3.8) is 0 Å². The summed E-state index contributed by atoms with van der Waals surface area (Å²) in [6.45, 7) is 10.4. The molecule has 13 heteroatoms. The standard InChI is InChI=1S/C34H52IN3O9/c1-21(8-11-28-22(2)16-27(24(4)46-28)36-30(40)13-10-23(3)45-25(5)39)9-12-29-33(43)34(20-44-34)18-26(47-29)17-31(41)37(6)14-15-38(7)32(42)19-35/h8-10,12-13,22-24,26-29,33,43H,11,14-20H2,1-7H3,(H,36,40)/b12-9+,13-10-,21-8+/t22-,23-,24+,26+,27+,28-,29+,33+,34+/m0/s1. The van der Waals surface area contributed by atoms with Crippen molar-refractivity contribution in [3.8, 4) is 0 Å². The van der Waals surface area contributed by atoms with Gasteiger partial charge in [0, 0.05) is 46.6 Å². The Morgan fingerprint density at radius 2 is 1.74 bits per heavy atom. The van der Waals surface area contributed by atoms with Crippen molar-refractivity contribution >= 4 is 46.3 Å². The Hall–Kier alpha value is -2.33. The predicted octanol–water partition coefficient (Wildman–Crippen LogP) is 2.71. The molecule has 47 heavy (non-hydrogen) atoms. The monoisotopic (exact) mass is 773 g/mol. The fraction of sp³-hybridized carbons (Fsp3) is 0.706. The first-order valence-electron chi connectivity index (χ1n) is 16.3. The van der Waals surface area contributed by atoms with Gasteiger partial charge in [0.05, 0.1) is 41.8 Å². The molecule has 12 nitrogen and oxygen atoms in total. The molecule has 0 unspecified atom stereocenters. The van der Waals surface area contributed by atoms with Crippen LogP contribution in [-0.2, 0) is 38.1 Å². The molecule has 0 aliphatic carbocycles. The number of allylic oxidation sites excluding steroid dienone is 2. The number of amides is 3. The van der Waals surface area contributed by atoms with Crippen molar-refractivity contribution in [2.45, 2.75) is 109 Å². The van der Waals surface area contributed by atoms with E-state index < -0.39 is 36.0 Å². The quantitative estimate of drug-likeness (QED) is 0.0680. The Bertz CT molecular complexity index is 1200. The van der Waals surface area contributed by atoms with Gasteiger partial charge in [0.25, 0.3) is 0 Å². The van der Waals surface area contributed by atoms with E-state index in [0.717, 1.165) is 12.0 Å². The summed E-state index contributed by atoms with van der Waals surface area (Å²) >= 11 is 2.03. The third-order valence-corrected chi connectivity index (χ3v) is 9.72. The van der Waals surface area contributed by atoms with E-state index >= 15 is 0 Å². The number of aliphatic hydroxyl groups excluding tert-OH is 1. The predicted molar refractivity (Wildman–Crippen MR) is 185 cm³/mol. The first-order valence-corrected chi connectivity index (χ1v) is 17.8. The second kappa shape index (κ2) is 17.9. The first-order chi connectivity index (χ1) is 22.1. The number of likely N-dealkylation sites (N-methyl/N-ethyl adjacent to an activating group) is 2. The van der Waals surface area contributed by atoms with Crippen molar-refractivity contribution in [2.24, 2.45) is 5.92 Å². The van der Waals surface area contributed by atoms with Crippen LogP contribution in [0, 0.1) is 5.92 Å². The smallest absolute Gasteiger partial charge is 0.303 e. The van der Waals surface area contributed by atoms with Crippen LogP contribution >= 0.6 is 22.6 Å². The van der Waals surface area contributed by atoms with E-state index in [1.54, 1.807) is 36.9 Å². The first kappa shape index (κ1) is 39.1. The van der Waals surface area contributed by atoms with E-state index in [0.29, 0.717) is 37.0 Å². The molecule has 3 fully saturated rings. The van der Waals surface area contributed by atoms with E-state index in [1.165, 1.54) is 13.0 Å². The number of aliphatic hydroxyl groups is 1. The highest BCUT2D eigenvalue weighted by Crippen LogP contribution is 2.43. The van der Waals surface area contributed by atoms with Crippen molar-refractivity contribution in [3.05, 3.63) is 36.0 Å². The molecular weight excluding hydrogens is 721 g/mol. The van der Waals surface area contributed by atoms with Crippen LogP contribution in [0.1, 0.15) is 60.3 Å². The fourth-order valence-corrected chi connectivity index (χ4v) is 6.47. The molecule has 0 bridgehead atoms. The number of carbonyl (C=O) groups is 4. The van der Waals surface area contributed by atoms with Crippen molar-refractivity contribution in [1.82, 2.24) is 15.1 Å². The zero-order chi connectivity index (χ0) is 34.9. The highest BCUT2D eigenvalue weighted by Gasteiger charge is 2.58. The number of rotatable bonds is 14. The largest absolute Gasteiger partial charge is 0.459 e. The molecule has 0 aromatic carbocycles. The van der Waals surface area contributed by atoms with Gasteiger partial charge < -0.3 is 39.2 Å². The maximum absolute atomic E-state index is 13.0. The Kier molecular flexibility index (Phi) is 14.9. The molecule has 3 amide bonds. The Labute approximate surface area is 292 Å². The Morgan fingerprint density at radius 3 is 2.36 bits per heavy atom. The van der Waals surface area contributed by atoms with Gasteiger partial charge in [-0.3, -0.25) is 19.2 Å². The molecule has 0 radical (unpaired) electrons. The van der Waals surface area contributed by atoms with E-state index in [-0.39, 0.29) is 48.3 Å². The number of epoxide rings is 1. The van der Waals surface area contributed by atoms with Crippen LogP contribution in [0.3, 0.4) is 0 Å². The number of hydrogen-bond acceptors (Lipinski definition) is 9. The number of nitrogens with zero attached hydrogens (tertiary/aromatic N) is 2. The summed E-state index contributed by atoms with van der Waals surface area (Å²) in [6, 6.07) is -0.139. The zero-order valence-corrected chi connectivity index (χ0v) is 30.8. The molecule has 264 valence electrons. The summed E-state index contributed by atoms with van der Waals surface area (Å²) in [5.41, 5.74) is 0.297. The summed E-state index contributed by atoms with van der Waals surface area (Å²) in [5, 5.41) is 14.0. The number of nitrogens with one attached hydrogen (secondary N) is 1. The van der Waals surface area contributed by atoms with Crippen LogP contribution < -0.4 is 5.32 Å². The fourth-order valence-electron chi connectivity index (χ4n) is 5.89. The van der Waals surface area contributed by atoms with Crippen LogP contribution in [0.4, 0.5) is 0 Å². The number of carbonyl (C=O) groups excluding carboxylic acids is 4. The third-order valence-electron chi connectivity index (χ3n) is 9.06. The van der Waals surface area contributed by atoms with Gasteiger partial charge in [-0.15, -0.1) is 0 Å². The molecular formula is C34H52IN3O9. The Morgan fingerprint density at radius 1 is 1.09 bits per heavy atom. The lowest BCUT2D eigenvalue weighted by Crippen LogP contribution is -2.51. The van der Waals surface area contributed by atoms with E-state index in [1.807, 2.05) is 48.6 Å². The third kappa shape index (κ3) is 11.9. The highest BCUT2D eigenvalue weighted by molar-refractivity contribution is 14.1. The zero-order valence-electron chi connectivity index (χ0n) is 28.6. The lowest BCUT2D eigenvalue weighted by Gasteiger charge is -2.39. The normalized spacial score (nSPS) is 31.5. The average Bonchev–Trinajstić information content (AvgIpc) is 3.79. The number of ether oxygens (including phenoxy) is 4. The van der Waals surface area contributed by atoms with Crippen LogP contribution in [0.25, 0.3) is 0 Å². The molecule has 3 heterocycles. The maximum Gasteiger partial charge on any atom is 0.303 e. The van der Waals surface area contributed by atoms with Gasteiger partial charge in [-0.1, -0.05) is 53.3 Å². The summed E-state index contributed by atoms with van der Waals surface area (Å²) < 4.78 is 23.6. The second-order valence-corrected chi connectivity index (χ2v) is 13.9. The van der Waals surface area contributed by atoms with Crippen molar-refractivity contribution < 1.29 is 43.2 Å². The van der Waals surface area contributed by atoms with Gasteiger partial charge in [0.2, 0.25) is 17.7 Å². The topological polar surface area (TPSA) is 147 Å². The lowest BCUT2D eigenvalue weighted by atomic mass is 9.87. The van der Waals surface area contributed by atoms with Crippen molar-refractivity contribution in [1.29, 1.82) is 0 Å². The number of alkyl halides is 1.